The van der Waals surface area contributed by atoms with Crippen molar-refractivity contribution in [3.8, 4) is 5.75 Å². The second-order valence-electron chi connectivity index (χ2n) is 5.02. The van der Waals surface area contributed by atoms with Gasteiger partial charge in [0, 0.05) is 22.6 Å². The Labute approximate surface area is 111 Å². The number of nitrogens with one attached hydrogen (secondary N) is 1. The van der Waals surface area contributed by atoms with Crippen LogP contribution >= 0.6 is 0 Å². The monoisotopic (exact) mass is 267 g/mol. The van der Waals surface area contributed by atoms with Crippen LogP contribution in [0.5, 0.6) is 5.75 Å². The van der Waals surface area contributed by atoms with Crippen LogP contribution in [0.25, 0.3) is 0 Å². The molecule has 0 spiro atoms. The molecule has 1 aromatic carbocycles. The molecule has 1 N–H and O–H groups in total. The lowest BCUT2D eigenvalue weighted by molar-refractivity contribution is 0.414. The van der Waals surface area contributed by atoms with Crippen molar-refractivity contribution in [2.45, 2.75) is 25.1 Å². The van der Waals surface area contributed by atoms with E-state index in [0.717, 1.165) is 18.0 Å². The van der Waals surface area contributed by atoms with Gasteiger partial charge in [-0.15, -0.1) is 0 Å². The fourth-order valence-corrected chi connectivity index (χ4v) is 3.88. The van der Waals surface area contributed by atoms with Crippen molar-refractivity contribution in [1.29, 1.82) is 0 Å². The van der Waals surface area contributed by atoms with Crippen LogP contribution in [0.2, 0.25) is 0 Å². The lowest BCUT2D eigenvalue weighted by Crippen LogP contribution is -2.31. The van der Waals surface area contributed by atoms with Gasteiger partial charge in [0.05, 0.1) is 12.4 Å². The van der Waals surface area contributed by atoms with E-state index >= 15 is 0 Å². The molecule has 4 unspecified atom stereocenters. The van der Waals surface area contributed by atoms with Crippen LogP contribution in [-0.2, 0) is 10.8 Å². The first-order valence-corrected chi connectivity index (χ1v) is 7.74. The van der Waals surface area contributed by atoms with Crippen LogP contribution in [0.4, 0.5) is 0 Å². The first-order valence-electron chi connectivity index (χ1n) is 6.36. The standard InChI is InChI=1S/C14H21NO2S/c1-10-8-15-14(11(2)18(16)9-10)12-4-6-13(17-3)7-5-12/h4-7,10-11,14-15H,8-9H2,1-3H3. The molecule has 0 bridgehead atoms. The minimum Gasteiger partial charge on any atom is -0.497 e. The molecule has 3 nitrogen and oxygen atoms in total. The summed E-state index contributed by atoms with van der Waals surface area (Å²) in [5, 5.41) is 3.67. The molecule has 4 heteroatoms. The summed E-state index contributed by atoms with van der Waals surface area (Å²) in [6.07, 6.45) is 0. The molecular formula is C14H21NO2S. The summed E-state index contributed by atoms with van der Waals surface area (Å²) >= 11 is 0. The zero-order chi connectivity index (χ0) is 13.1. The number of hydrogen-bond acceptors (Lipinski definition) is 3. The summed E-state index contributed by atoms with van der Waals surface area (Å²) in [4.78, 5) is 0. The fraction of sp³-hybridized carbons (Fsp3) is 0.571. The van der Waals surface area contributed by atoms with Gasteiger partial charge >= 0.3 is 0 Å². The Hall–Kier alpha value is -0.870. The molecule has 1 aromatic rings. The number of ether oxygens (including phenoxy) is 1. The van der Waals surface area contributed by atoms with Crippen molar-refractivity contribution in [3.05, 3.63) is 29.8 Å². The average molecular weight is 267 g/mol. The molecule has 1 fully saturated rings. The Balaban J connectivity index is 2.21. The van der Waals surface area contributed by atoms with Crippen molar-refractivity contribution < 1.29 is 8.95 Å². The van der Waals surface area contributed by atoms with Crippen molar-refractivity contribution in [1.82, 2.24) is 5.32 Å². The predicted molar refractivity (Wildman–Crippen MR) is 75.4 cm³/mol. The zero-order valence-corrected chi connectivity index (χ0v) is 12.0. The first-order chi connectivity index (χ1) is 8.61. The van der Waals surface area contributed by atoms with Crippen LogP contribution in [0, 0.1) is 5.92 Å². The van der Waals surface area contributed by atoms with Gasteiger partial charge in [0.1, 0.15) is 5.75 Å². The van der Waals surface area contributed by atoms with Crippen LogP contribution in [0.1, 0.15) is 25.5 Å². The Bertz CT molecular complexity index is 418. The Kier molecular flexibility index (Phi) is 4.40. The molecule has 0 aliphatic carbocycles. The van der Waals surface area contributed by atoms with Crippen LogP contribution in [0.15, 0.2) is 24.3 Å². The number of hydrogen-bond donors (Lipinski definition) is 1. The van der Waals surface area contributed by atoms with E-state index in [1.54, 1.807) is 7.11 Å². The predicted octanol–water partition coefficient (Wildman–Crippen LogP) is 2.11. The van der Waals surface area contributed by atoms with Crippen LogP contribution in [-0.4, -0.2) is 28.9 Å². The molecule has 2 rings (SSSR count). The minimum atomic E-state index is -0.764. The highest BCUT2D eigenvalue weighted by Crippen LogP contribution is 2.26. The van der Waals surface area contributed by atoms with Gasteiger partial charge in [-0.2, -0.15) is 0 Å². The molecule has 1 saturated heterocycles. The minimum absolute atomic E-state index is 0.142. The number of rotatable bonds is 2. The van der Waals surface area contributed by atoms with Crippen molar-refractivity contribution in [2.75, 3.05) is 19.4 Å². The van der Waals surface area contributed by atoms with Gasteiger partial charge in [0.15, 0.2) is 0 Å². The maximum absolute atomic E-state index is 12.2. The molecule has 0 aromatic heterocycles. The van der Waals surface area contributed by atoms with Gasteiger partial charge in [-0.05, 0) is 37.1 Å². The zero-order valence-electron chi connectivity index (χ0n) is 11.2. The van der Waals surface area contributed by atoms with E-state index in [1.165, 1.54) is 5.56 Å². The normalized spacial score (nSPS) is 32.8. The first kappa shape index (κ1) is 13.6. The third-order valence-corrected chi connectivity index (χ3v) is 5.49. The van der Waals surface area contributed by atoms with Crippen molar-refractivity contribution in [3.63, 3.8) is 0 Å². The Morgan fingerprint density at radius 1 is 1.28 bits per heavy atom. The molecular weight excluding hydrogens is 246 g/mol. The van der Waals surface area contributed by atoms with Gasteiger partial charge in [-0.1, -0.05) is 19.1 Å². The van der Waals surface area contributed by atoms with Crippen LogP contribution < -0.4 is 10.1 Å². The van der Waals surface area contributed by atoms with Gasteiger partial charge in [0.2, 0.25) is 0 Å². The van der Waals surface area contributed by atoms with Crippen molar-refractivity contribution >= 4 is 10.8 Å². The number of benzene rings is 1. The molecule has 4 atom stereocenters. The van der Waals surface area contributed by atoms with E-state index in [-0.39, 0.29) is 11.3 Å². The second-order valence-corrected chi connectivity index (χ2v) is 6.86. The van der Waals surface area contributed by atoms with E-state index in [4.69, 9.17) is 4.74 Å². The van der Waals surface area contributed by atoms with Crippen LogP contribution in [0.3, 0.4) is 0 Å². The highest BCUT2D eigenvalue weighted by molar-refractivity contribution is 7.85. The Morgan fingerprint density at radius 2 is 1.94 bits per heavy atom. The summed E-state index contributed by atoms with van der Waals surface area (Å²) in [6, 6.07) is 8.20. The van der Waals surface area contributed by atoms with E-state index in [0.29, 0.717) is 5.92 Å². The lowest BCUT2D eigenvalue weighted by Gasteiger charge is -2.22. The molecule has 100 valence electrons. The summed E-state index contributed by atoms with van der Waals surface area (Å²) in [6.45, 7) is 5.14. The van der Waals surface area contributed by atoms with Crippen molar-refractivity contribution in [2.24, 2.45) is 5.92 Å². The Morgan fingerprint density at radius 3 is 2.56 bits per heavy atom. The van der Waals surface area contributed by atoms with E-state index in [2.05, 4.69) is 31.3 Å². The lowest BCUT2D eigenvalue weighted by atomic mass is 10.0. The number of methoxy groups -OCH3 is 1. The van der Waals surface area contributed by atoms with Gasteiger partial charge < -0.3 is 10.1 Å². The SMILES string of the molecule is COc1ccc(C2NCC(C)CS(=O)C2C)cc1. The van der Waals surface area contributed by atoms with E-state index in [9.17, 15) is 4.21 Å². The fourth-order valence-electron chi connectivity index (χ4n) is 2.34. The topological polar surface area (TPSA) is 38.3 Å². The van der Waals surface area contributed by atoms with Gasteiger partial charge in [-0.3, -0.25) is 4.21 Å². The maximum Gasteiger partial charge on any atom is 0.118 e. The summed E-state index contributed by atoms with van der Waals surface area (Å²) in [7, 11) is 0.901. The largest absolute Gasteiger partial charge is 0.497 e. The average Bonchev–Trinajstić information content (AvgIpc) is 2.50. The van der Waals surface area contributed by atoms with Gasteiger partial charge in [0.25, 0.3) is 0 Å². The second kappa shape index (κ2) is 5.85. The smallest absolute Gasteiger partial charge is 0.118 e. The summed E-state index contributed by atoms with van der Waals surface area (Å²) < 4.78 is 17.3. The molecule has 0 radical (unpaired) electrons. The molecule has 0 amide bonds. The van der Waals surface area contributed by atoms with E-state index < -0.39 is 10.8 Å². The molecule has 18 heavy (non-hydrogen) atoms. The summed E-state index contributed by atoms with van der Waals surface area (Å²) in [5.74, 6) is 2.12. The molecule has 0 saturated carbocycles. The third kappa shape index (κ3) is 2.93. The van der Waals surface area contributed by atoms with Gasteiger partial charge in [-0.25, -0.2) is 0 Å². The summed E-state index contributed by atoms with van der Waals surface area (Å²) in [5.41, 5.74) is 1.19. The highest BCUT2D eigenvalue weighted by Gasteiger charge is 2.28. The quantitative estimate of drug-likeness (QED) is 0.892. The molecule has 1 heterocycles. The molecule has 1 aliphatic rings. The molecule has 1 aliphatic heterocycles. The third-order valence-electron chi connectivity index (χ3n) is 3.49. The highest BCUT2D eigenvalue weighted by atomic mass is 32.2. The van der Waals surface area contributed by atoms with E-state index in [1.807, 2.05) is 12.1 Å². The maximum atomic E-state index is 12.2.